The van der Waals surface area contributed by atoms with Crippen LogP contribution in [0.3, 0.4) is 0 Å². The van der Waals surface area contributed by atoms with Gasteiger partial charge in [0.15, 0.2) is 0 Å². The number of hydrogen-bond acceptors (Lipinski definition) is 2. The van der Waals surface area contributed by atoms with Crippen LogP contribution in [0.4, 0.5) is 0 Å². The fraction of sp³-hybridized carbons (Fsp3) is 0.571. The zero-order chi connectivity index (χ0) is 12.0. The Morgan fingerprint density at radius 3 is 2.69 bits per heavy atom. The molecule has 2 heteroatoms. The van der Waals surface area contributed by atoms with Crippen molar-refractivity contribution < 1.29 is 4.74 Å². The summed E-state index contributed by atoms with van der Waals surface area (Å²) in [5.74, 6) is 1.54. The van der Waals surface area contributed by atoms with Crippen LogP contribution in [-0.2, 0) is 6.42 Å². The summed E-state index contributed by atoms with van der Waals surface area (Å²) < 4.78 is 5.25. The summed E-state index contributed by atoms with van der Waals surface area (Å²) >= 11 is 0. The Balaban J connectivity index is 2.85. The van der Waals surface area contributed by atoms with Crippen LogP contribution in [0.5, 0.6) is 5.75 Å². The molecule has 1 rings (SSSR count). The molecule has 2 nitrogen and oxygen atoms in total. The van der Waals surface area contributed by atoms with E-state index in [4.69, 9.17) is 10.5 Å². The molecule has 0 heterocycles. The fourth-order valence-corrected chi connectivity index (χ4v) is 2.08. The van der Waals surface area contributed by atoms with Crippen LogP contribution in [0.2, 0.25) is 0 Å². The first-order chi connectivity index (χ1) is 7.72. The van der Waals surface area contributed by atoms with Crippen LogP contribution in [0.25, 0.3) is 0 Å². The minimum atomic E-state index is 0.587. The van der Waals surface area contributed by atoms with Crippen LogP contribution in [0, 0.1) is 0 Å². The summed E-state index contributed by atoms with van der Waals surface area (Å²) in [6, 6.07) is 6.39. The molecule has 0 bridgehead atoms. The molecule has 1 unspecified atom stereocenters. The third kappa shape index (κ3) is 3.24. The Morgan fingerprint density at radius 2 is 2.12 bits per heavy atom. The number of ether oxygens (including phenoxy) is 1. The van der Waals surface area contributed by atoms with Gasteiger partial charge >= 0.3 is 0 Å². The van der Waals surface area contributed by atoms with Gasteiger partial charge in [0.2, 0.25) is 0 Å². The standard InChI is InChI=1S/C14H23NO/c1-4-12-10-13(16-3)7-8-14(12)11(2)6-5-9-15/h7-8,10-11H,4-6,9,15H2,1-3H3. The van der Waals surface area contributed by atoms with Gasteiger partial charge in [-0.15, -0.1) is 0 Å². The minimum Gasteiger partial charge on any atom is -0.497 e. The van der Waals surface area contributed by atoms with Crippen LogP contribution < -0.4 is 10.5 Å². The van der Waals surface area contributed by atoms with E-state index in [1.165, 1.54) is 11.1 Å². The molecule has 16 heavy (non-hydrogen) atoms. The van der Waals surface area contributed by atoms with Gasteiger partial charge in [-0.05, 0) is 55.0 Å². The third-order valence-electron chi connectivity index (χ3n) is 3.10. The smallest absolute Gasteiger partial charge is 0.119 e. The van der Waals surface area contributed by atoms with Crippen molar-refractivity contribution in [3.63, 3.8) is 0 Å². The lowest BCUT2D eigenvalue weighted by molar-refractivity contribution is 0.414. The van der Waals surface area contributed by atoms with E-state index < -0.39 is 0 Å². The SMILES string of the molecule is CCc1cc(OC)ccc1C(C)CCCN. The molecule has 0 aromatic heterocycles. The summed E-state index contributed by atoms with van der Waals surface area (Å²) in [5, 5.41) is 0. The molecule has 0 amide bonds. The van der Waals surface area contributed by atoms with Crippen molar-refractivity contribution in [3.8, 4) is 5.75 Å². The summed E-state index contributed by atoms with van der Waals surface area (Å²) in [6.45, 7) is 5.24. The van der Waals surface area contributed by atoms with Gasteiger partial charge in [-0.1, -0.05) is 19.9 Å². The van der Waals surface area contributed by atoms with Crippen molar-refractivity contribution in [2.24, 2.45) is 5.73 Å². The fourth-order valence-electron chi connectivity index (χ4n) is 2.08. The van der Waals surface area contributed by atoms with E-state index in [9.17, 15) is 0 Å². The second-order valence-electron chi connectivity index (χ2n) is 4.25. The highest BCUT2D eigenvalue weighted by Crippen LogP contribution is 2.27. The molecule has 0 aliphatic heterocycles. The Labute approximate surface area is 98.8 Å². The predicted molar refractivity (Wildman–Crippen MR) is 69.1 cm³/mol. The van der Waals surface area contributed by atoms with Gasteiger partial charge in [-0.3, -0.25) is 0 Å². The lowest BCUT2D eigenvalue weighted by atomic mass is 9.91. The Hall–Kier alpha value is -1.02. The molecule has 90 valence electrons. The molecule has 1 aromatic carbocycles. The normalized spacial score (nSPS) is 12.5. The largest absolute Gasteiger partial charge is 0.497 e. The number of nitrogens with two attached hydrogens (primary N) is 1. The Morgan fingerprint density at radius 1 is 1.38 bits per heavy atom. The minimum absolute atomic E-state index is 0.587. The van der Waals surface area contributed by atoms with Gasteiger partial charge in [0, 0.05) is 0 Å². The number of methoxy groups -OCH3 is 1. The lowest BCUT2D eigenvalue weighted by Crippen LogP contribution is -2.04. The zero-order valence-electron chi connectivity index (χ0n) is 10.6. The van der Waals surface area contributed by atoms with Gasteiger partial charge in [-0.2, -0.15) is 0 Å². The maximum Gasteiger partial charge on any atom is 0.119 e. The van der Waals surface area contributed by atoms with Crippen LogP contribution in [0.1, 0.15) is 43.7 Å². The molecule has 0 fully saturated rings. The van der Waals surface area contributed by atoms with Gasteiger partial charge < -0.3 is 10.5 Å². The molecule has 0 saturated carbocycles. The van der Waals surface area contributed by atoms with Crippen molar-refractivity contribution in [1.29, 1.82) is 0 Å². The summed E-state index contributed by atoms with van der Waals surface area (Å²) in [4.78, 5) is 0. The van der Waals surface area contributed by atoms with E-state index >= 15 is 0 Å². The van der Waals surface area contributed by atoms with Gasteiger partial charge in [0.25, 0.3) is 0 Å². The number of aryl methyl sites for hydroxylation is 1. The van der Waals surface area contributed by atoms with Crippen LogP contribution in [0.15, 0.2) is 18.2 Å². The van der Waals surface area contributed by atoms with E-state index in [1.54, 1.807) is 7.11 Å². The quantitative estimate of drug-likeness (QED) is 0.801. The van der Waals surface area contributed by atoms with Crippen molar-refractivity contribution in [2.75, 3.05) is 13.7 Å². The second kappa shape index (κ2) is 6.54. The maximum absolute atomic E-state index is 5.55. The monoisotopic (exact) mass is 221 g/mol. The van der Waals surface area contributed by atoms with E-state index in [-0.39, 0.29) is 0 Å². The van der Waals surface area contributed by atoms with E-state index in [0.717, 1.165) is 31.6 Å². The lowest BCUT2D eigenvalue weighted by Gasteiger charge is -2.16. The molecular weight excluding hydrogens is 198 g/mol. The maximum atomic E-state index is 5.55. The first-order valence-electron chi connectivity index (χ1n) is 6.09. The molecule has 1 atom stereocenters. The molecule has 0 radical (unpaired) electrons. The van der Waals surface area contributed by atoms with Crippen molar-refractivity contribution >= 4 is 0 Å². The Kier molecular flexibility index (Phi) is 5.33. The molecule has 1 aromatic rings. The van der Waals surface area contributed by atoms with Crippen LogP contribution in [-0.4, -0.2) is 13.7 Å². The zero-order valence-corrected chi connectivity index (χ0v) is 10.6. The molecule has 0 aliphatic rings. The van der Waals surface area contributed by atoms with Gasteiger partial charge in [0.1, 0.15) is 5.75 Å². The van der Waals surface area contributed by atoms with E-state index in [0.29, 0.717) is 5.92 Å². The number of rotatable bonds is 6. The highest BCUT2D eigenvalue weighted by Gasteiger charge is 2.10. The number of benzene rings is 1. The van der Waals surface area contributed by atoms with Crippen LogP contribution >= 0.6 is 0 Å². The molecule has 0 aliphatic carbocycles. The summed E-state index contributed by atoms with van der Waals surface area (Å²) in [6.07, 6.45) is 3.31. The van der Waals surface area contributed by atoms with Gasteiger partial charge in [-0.25, -0.2) is 0 Å². The van der Waals surface area contributed by atoms with Crippen molar-refractivity contribution in [2.45, 2.75) is 39.0 Å². The average Bonchev–Trinajstić information content (AvgIpc) is 2.34. The van der Waals surface area contributed by atoms with E-state index in [1.807, 2.05) is 6.07 Å². The van der Waals surface area contributed by atoms with Crippen molar-refractivity contribution in [3.05, 3.63) is 29.3 Å². The summed E-state index contributed by atoms with van der Waals surface area (Å²) in [7, 11) is 1.71. The third-order valence-corrected chi connectivity index (χ3v) is 3.10. The second-order valence-corrected chi connectivity index (χ2v) is 4.25. The average molecular weight is 221 g/mol. The highest BCUT2D eigenvalue weighted by molar-refractivity contribution is 5.37. The molecule has 0 spiro atoms. The summed E-state index contributed by atoms with van der Waals surface area (Å²) in [5.41, 5.74) is 8.38. The number of hydrogen-bond donors (Lipinski definition) is 1. The first kappa shape index (κ1) is 13.0. The first-order valence-corrected chi connectivity index (χ1v) is 6.09. The molecular formula is C14H23NO. The molecule has 2 N–H and O–H groups in total. The van der Waals surface area contributed by atoms with Gasteiger partial charge in [0.05, 0.1) is 7.11 Å². The predicted octanol–water partition coefficient (Wildman–Crippen LogP) is 3.10. The topological polar surface area (TPSA) is 35.2 Å². The van der Waals surface area contributed by atoms with Crippen molar-refractivity contribution in [1.82, 2.24) is 0 Å². The Bertz CT molecular complexity index is 323. The highest BCUT2D eigenvalue weighted by atomic mass is 16.5. The molecule has 0 saturated heterocycles. The van der Waals surface area contributed by atoms with E-state index in [2.05, 4.69) is 26.0 Å².